The number of nitrogens with zero attached hydrogens (tertiary/aromatic N) is 4. The Morgan fingerprint density at radius 1 is 1.10 bits per heavy atom. The lowest BCUT2D eigenvalue weighted by Crippen LogP contribution is -2.14. The number of hydrogen-bond acceptors (Lipinski definition) is 5. The van der Waals surface area contributed by atoms with Crippen LogP contribution < -0.4 is 5.32 Å². The molecular formula is C23H23N5OS. The molecule has 0 aliphatic heterocycles. The first-order valence-corrected chi connectivity index (χ1v) is 10.7. The largest absolute Gasteiger partial charge is 0.326 e. The van der Waals surface area contributed by atoms with Crippen LogP contribution in [0.2, 0.25) is 0 Å². The van der Waals surface area contributed by atoms with Crippen LogP contribution in [0.15, 0.2) is 54.9 Å². The van der Waals surface area contributed by atoms with E-state index in [0.717, 1.165) is 44.8 Å². The zero-order chi connectivity index (χ0) is 21.1. The number of anilines is 1. The van der Waals surface area contributed by atoms with E-state index >= 15 is 0 Å². The van der Waals surface area contributed by atoms with Gasteiger partial charge >= 0.3 is 0 Å². The second kappa shape index (κ2) is 8.59. The fourth-order valence-electron chi connectivity index (χ4n) is 3.32. The van der Waals surface area contributed by atoms with Gasteiger partial charge in [0.25, 0.3) is 0 Å². The molecule has 1 N–H and O–H groups in total. The maximum atomic E-state index is 12.8. The van der Waals surface area contributed by atoms with Gasteiger partial charge in [-0.1, -0.05) is 42.0 Å². The Morgan fingerprint density at radius 3 is 2.67 bits per heavy atom. The van der Waals surface area contributed by atoms with Crippen LogP contribution in [0.5, 0.6) is 0 Å². The van der Waals surface area contributed by atoms with Crippen LogP contribution in [0.4, 0.5) is 5.69 Å². The summed E-state index contributed by atoms with van der Waals surface area (Å²) in [4.78, 5) is 18.4. The second-order valence-corrected chi connectivity index (χ2v) is 8.40. The van der Waals surface area contributed by atoms with Crippen LogP contribution in [-0.2, 0) is 17.8 Å². The number of nitrogens with one attached hydrogen (secondary N) is 1. The topological polar surface area (TPSA) is 72.7 Å². The molecule has 1 amide bonds. The summed E-state index contributed by atoms with van der Waals surface area (Å²) >= 11 is 1.56. The minimum Gasteiger partial charge on any atom is -0.326 e. The average molecular weight is 418 g/mol. The van der Waals surface area contributed by atoms with Gasteiger partial charge < -0.3 is 9.88 Å². The van der Waals surface area contributed by atoms with E-state index in [2.05, 4.69) is 51.7 Å². The van der Waals surface area contributed by atoms with Crippen molar-refractivity contribution in [3.8, 4) is 22.6 Å². The first-order chi connectivity index (χ1) is 14.5. The molecule has 0 saturated carbocycles. The van der Waals surface area contributed by atoms with E-state index in [1.54, 1.807) is 17.7 Å². The Balaban J connectivity index is 1.52. The van der Waals surface area contributed by atoms with Gasteiger partial charge in [0, 0.05) is 28.2 Å². The van der Waals surface area contributed by atoms with Gasteiger partial charge in [0.2, 0.25) is 5.91 Å². The van der Waals surface area contributed by atoms with Crippen LogP contribution in [0.1, 0.15) is 22.4 Å². The van der Waals surface area contributed by atoms with Gasteiger partial charge in [0.1, 0.15) is 6.33 Å². The van der Waals surface area contributed by atoms with Gasteiger partial charge in [0.05, 0.1) is 17.1 Å². The van der Waals surface area contributed by atoms with Crippen LogP contribution >= 0.6 is 11.3 Å². The molecule has 0 saturated heterocycles. The van der Waals surface area contributed by atoms with Gasteiger partial charge in [-0.25, -0.2) is 4.98 Å². The van der Waals surface area contributed by atoms with E-state index in [9.17, 15) is 4.79 Å². The number of carbonyl (C=O) groups excluding carboxylic acids is 1. The Kier molecular flexibility index (Phi) is 5.72. The summed E-state index contributed by atoms with van der Waals surface area (Å²) < 4.78 is 1.97. The smallest absolute Gasteiger partial charge is 0.229 e. The summed E-state index contributed by atoms with van der Waals surface area (Å²) in [5.74, 6) is 0.717. The molecule has 152 valence electrons. The number of hydrogen-bond donors (Lipinski definition) is 1. The van der Waals surface area contributed by atoms with Crippen molar-refractivity contribution in [1.82, 2.24) is 19.7 Å². The molecule has 6 nitrogen and oxygen atoms in total. The van der Waals surface area contributed by atoms with Crippen molar-refractivity contribution < 1.29 is 4.79 Å². The third kappa shape index (κ3) is 4.31. The SMILES string of the molecule is CCn1cnnc1-c1cccc(NC(=O)Cc2sc(C)nc2-c2ccc(C)cc2)c1. The number of benzene rings is 2. The Labute approximate surface area is 179 Å². The predicted molar refractivity (Wildman–Crippen MR) is 120 cm³/mol. The first-order valence-electron chi connectivity index (χ1n) is 9.85. The third-order valence-electron chi connectivity index (χ3n) is 4.81. The normalized spacial score (nSPS) is 10.9. The van der Waals surface area contributed by atoms with E-state index < -0.39 is 0 Å². The average Bonchev–Trinajstić information content (AvgIpc) is 3.35. The molecule has 2 aromatic heterocycles. The molecule has 0 bridgehead atoms. The van der Waals surface area contributed by atoms with E-state index in [1.807, 2.05) is 42.7 Å². The molecule has 0 aliphatic carbocycles. The first kappa shape index (κ1) is 20.0. The number of amides is 1. The summed E-state index contributed by atoms with van der Waals surface area (Å²) in [7, 11) is 0. The molecule has 30 heavy (non-hydrogen) atoms. The summed E-state index contributed by atoms with van der Waals surface area (Å²) in [6.45, 7) is 6.85. The number of aryl methyl sites for hydroxylation is 3. The highest BCUT2D eigenvalue weighted by molar-refractivity contribution is 7.12. The lowest BCUT2D eigenvalue weighted by Gasteiger charge is -2.08. The lowest BCUT2D eigenvalue weighted by molar-refractivity contribution is -0.115. The molecule has 7 heteroatoms. The van der Waals surface area contributed by atoms with Crippen molar-refractivity contribution in [2.45, 2.75) is 33.7 Å². The fourth-order valence-corrected chi connectivity index (χ4v) is 4.28. The zero-order valence-corrected chi connectivity index (χ0v) is 18.0. The molecule has 0 fully saturated rings. The van der Waals surface area contributed by atoms with Gasteiger partial charge in [-0.15, -0.1) is 21.5 Å². The Bertz CT molecular complexity index is 1180. The van der Waals surface area contributed by atoms with E-state index in [-0.39, 0.29) is 12.3 Å². The quantitative estimate of drug-likeness (QED) is 0.485. The van der Waals surface area contributed by atoms with Gasteiger partial charge in [-0.2, -0.15) is 0 Å². The third-order valence-corrected chi connectivity index (χ3v) is 5.78. The van der Waals surface area contributed by atoms with Crippen molar-refractivity contribution in [3.63, 3.8) is 0 Å². The number of rotatable bonds is 6. The zero-order valence-electron chi connectivity index (χ0n) is 17.2. The second-order valence-electron chi connectivity index (χ2n) is 7.12. The van der Waals surface area contributed by atoms with E-state index in [0.29, 0.717) is 0 Å². The van der Waals surface area contributed by atoms with Crippen LogP contribution in [0.25, 0.3) is 22.6 Å². The number of carbonyl (C=O) groups is 1. The summed E-state index contributed by atoms with van der Waals surface area (Å²) in [5, 5.41) is 12.1. The maximum absolute atomic E-state index is 12.8. The van der Waals surface area contributed by atoms with Crippen LogP contribution in [0.3, 0.4) is 0 Å². The highest BCUT2D eigenvalue weighted by atomic mass is 32.1. The van der Waals surface area contributed by atoms with Crippen molar-refractivity contribution in [2.24, 2.45) is 0 Å². The van der Waals surface area contributed by atoms with E-state index in [4.69, 9.17) is 0 Å². The predicted octanol–water partition coefficient (Wildman–Crippen LogP) is 4.89. The molecule has 0 radical (unpaired) electrons. The summed E-state index contributed by atoms with van der Waals surface area (Å²) in [6, 6.07) is 15.9. The van der Waals surface area contributed by atoms with Crippen molar-refractivity contribution >= 4 is 22.9 Å². The summed E-state index contributed by atoms with van der Waals surface area (Å²) in [6.07, 6.45) is 1.99. The molecular weight excluding hydrogens is 394 g/mol. The van der Waals surface area contributed by atoms with Gasteiger partial charge in [-0.3, -0.25) is 4.79 Å². The maximum Gasteiger partial charge on any atom is 0.229 e. The van der Waals surface area contributed by atoms with Crippen molar-refractivity contribution in [1.29, 1.82) is 0 Å². The van der Waals surface area contributed by atoms with E-state index in [1.165, 1.54) is 5.56 Å². The molecule has 4 aromatic rings. The molecule has 0 unspecified atom stereocenters. The monoisotopic (exact) mass is 417 g/mol. The molecule has 2 aromatic carbocycles. The Morgan fingerprint density at radius 2 is 1.90 bits per heavy atom. The van der Waals surface area contributed by atoms with Crippen molar-refractivity contribution in [2.75, 3.05) is 5.32 Å². The molecule has 0 spiro atoms. The Hall–Kier alpha value is -3.32. The molecule has 0 aliphatic rings. The highest BCUT2D eigenvalue weighted by Gasteiger charge is 2.15. The number of thiazole rings is 1. The van der Waals surface area contributed by atoms with Gasteiger partial charge in [0.15, 0.2) is 5.82 Å². The fraction of sp³-hybridized carbons (Fsp3) is 0.217. The summed E-state index contributed by atoms with van der Waals surface area (Å²) in [5.41, 5.74) is 4.78. The minimum absolute atomic E-state index is 0.0684. The highest BCUT2D eigenvalue weighted by Crippen LogP contribution is 2.29. The van der Waals surface area contributed by atoms with Crippen LogP contribution in [0, 0.1) is 13.8 Å². The standard InChI is InChI=1S/C23H23N5OS/c1-4-28-14-24-27-23(28)18-6-5-7-19(12-18)26-21(29)13-20-22(25-16(3)30-20)17-10-8-15(2)9-11-17/h5-12,14H,4,13H2,1-3H3,(H,26,29). The van der Waals surface area contributed by atoms with Gasteiger partial charge in [-0.05, 0) is 32.9 Å². The lowest BCUT2D eigenvalue weighted by atomic mass is 10.1. The van der Waals surface area contributed by atoms with Crippen molar-refractivity contribution in [3.05, 3.63) is 70.3 Å². The van der Waals surface area contributed by atoms with Crippen LogP contribution in [-0.4, -0.2) is 25.7 Å². The minimum atomic E-state index is -0.0684. The molecule has 2 heterocycles. The number of aromatic nitrogens is 4. The molecule has 4 rings (SSSR count). The molecule has 0 atom stereocenters.